The van der Waals surface area contributed by atoms with E-state index in [0.717, 1.165) is 18.8 Å². The molecule has 0 heterocycles. The summed E-state index contributed by atoms with van der Waals surface area (Å²) in [5.41, 5.74) is 3.11. The standard InChI is InChI=1S/C25H28N4O2/c1-19(17-29(2)18-20-9-5-3-6-10-20)26-25(31)28-23-15-13-21(14-16-23)24(30)27-22-11-7-4-8-12-22/h3-16,19H,17-18H2,1-2H3,(H,27,30)(H2,26,28,31)/t19-/m0/s1. The molecule has 6 nitrogen and oxygen atoms in total. The van der Waals surface area contributed by atoms with E-state index < -0.39 is 0 Å². The van der Waals surface area contributed by atoms with E-state index in [2.05, 4.69) is 33.0 Å². The molecule has 0 aromatic heterocycles. The summed E-state index contributed by atoms with van der Waals surface area (Å²) in [6, 6.07) is 26.0. The molecule has 0 aliphatic rings. The van der Waals surface area contributed by atoms with Gasteiger partial charge < -0.3 is 20.9 Å². The SMILES string of the molecule is C[C@@H](CN(C)Cc1ccccc1)NC(=O)Nc1ccc(C(=O)Nc2ccccc2)cc1. The maximum Gasteiger partial charge on any atom is 0.319 e. The molecule has 0 bridgehead atoms. The highest BCUT2D eigenvalue weighted by Crippen LogP contribution is 2.12. The summed E-state index contributed by atoms with van der Waals surface area (Å²) in [6.45, 7) is 3.51. The van der Waals surface area contributed by atoms with Gasteiger partial charge in [0.2, 0.25) is 0 Å². The molecular formula is C25H28N4O2. The maximum atomic E-state index is 12.3. The second-order valence-electron chi connectivity index (χ2n) is 7.58. The van der Waals surface area contributed by atoms with Crippen LogP contribution in [0.3, 0.4) is 0 Å². The Morgan fingerprint density at radius 3 is 2.03 bits per heavy atom. The van der Waals surface area contributed by atoms with Gasteiger partial charge in [0.25, 0.3) is 5.91 Å². The number of amides is 3. The molecule has 0 spiro atoms. The van der Waals surface area contributed by atoms with Gasteiger partial charge in [0, 0.05) is 36.1 Å². The summed E-state index contributed by atoms with van der Waals surface area (Å²) < 4.78 is 0. The average Bonchev–Trinajstić information content (AvgIpc) is 2.75. The van der Waals surface area contributed by atoms with Crippen molar-refractivity contribution in [3.63, 3.8) is 0 Å². The molecule has 0 unspecified atom stereocenters. The number of nitrogens with one attached hydrogen (secondary N) is 3. The van der Waals surface area contributed by atoms with Crippen LogP contribution in [0.5, 0.6) is 0 Å². The molecule has 0 saturated heterocycles. The molecule has 3 aromatic rings. The Labute approximate surface area is 183 Å². The van der Waals surface area contributed by atoms with Crippen LogP contribution in [0, 0.1) is 0 Å². The van der Waals surface area contributed by atoms with Gasteiger partial charge in [-0.15, -0.1) is 0 Å². The molecule has 31 heavy (non-hydrogen) atoms. The fourth-order valence-electron chi connectivity index (χ4n) is 3.29. The van der Waals surface area contributed by atoms with Crippen LogP contribution in [0.4, 0.5) is 16.2 Å². The van der Waals surface area contributed by atoms with E-state index in [4.69, 9.17) is 0 Å². The van der Waals surface area contributed by atoms with E-state index in [1.165, 1.54) is 5.56 Å². The number of rotatable bonds is 8. The molecule has 6 heteroatoms. The van der Waals surface area contributed by atoms with Gasteiger partial charge in [0.05, 0.1) is 0 Å². The number of benzene rings is 3. The van der Waals surface area contributed by atoms with Gasteiger partial charge >= 0.3 is 6.03 Å². The first kappa shape index (κ1) is 22.1. The van der Waals surface area contributed by atoms with Crippen molar-refractivity contribution in [3.8, 4) is 0 Å². The molecule has 3 amide bonds. The number of carbonyl (C=O) groups excluding carboxylic acids is 2. The Morgan fingerprint density at radius 1 is 0.806 bits per heavy atom. The zero-order valence-corrected chi connectivity index (χ0v) is 17.8. The van der Waals surface area contributed by atoms with Crippen LogP contribution >= 0.6 is 0 Å². The first-order valence-corrected chi connectivity index (χ1v) is 10.3. The predicted octanol–water partition coefficient (Wildman–Crippen LogP) is 4.58. The second-order valence-corrected chi connectivity index (χ2v) is 7.58. The number of hydrogen-bond acceptors (Lipinski definition) is 3. The van der Waals surface area contributed by atoms with Crippen molar-refractivity contribution in [1.82, 2.24) is 10.2 Å². The van der Waals surface area contributed by atoms with Crippen LogP contribution in [0.1, 0.15) is 22.8 Å². The van der Waals surface area contributed by atoms with E-state index in [0.29, 0.717) is 11.3 Å². The third-order valence-corrected chi connectivity index (χ3v) is 4.69. The fraction of sp³-hybridized carbons (Fsp3) is 0.200. The summed E-state index contributed by atoms with van der Waals surface area (Å²) in [5, 5.41) is 8.59. The number of urea groups is 1. The molecule has 0 aliphatic carbocycles. The van der Waals surface area contributed by atoms with E-state index >= 15 is 0 Å². The highest BCUT2D eigenvalue weighted by molar-refractivity contribution is 6.04. The third kappa shape index (κ3) is 7.28. The van der Waals surface area contributed by atoms with Crippen molar-refractivity contribution in [3.05, 3.63) is 96.1 Å². The smallest absolute Gasteiger partial charge is 0.319 e. The van der Waals surface area contributed by atoms with E-state index in [9.17, 15) is 9.59 Å². The Morgan fingerprint density at radius 2 is 1.39 bits per heavy atom. The number of likely N-dealkylation sites (N-methyl/N-ethyl adjacent to an activating group) is 1. The van der Waals surface area contributed by atoms with Crippen LogP contribution in [0.25, 0.3) is 0 Å². The summed E-state index contributed by atoms with van der Waals surface area (Å²) >= 11 is 0. The topological polar surface area (TPSA) is 73.5 Å². The first-order chi connectivity index (χ1) is 15.0. The summed E-state index contributed by atoms with van der Waals surface area (Å²) in [7, 11) is 2.03. The van der Waals surface area contributed by atoms with Gasteiger partial charge in [-0.2, -0.15) is 0 Å². The lowest BCUT2D eigenvalue weighted by Gasteiger charge is -2.22. The van der Waals surface area contributed by atoms with E-state index in [1.54, 1.807) is 24.3 Å². The van der Waals surface area contributed by atoms with Gasteiger partial charge in [-0.05, 0) is 55.9 Å². The lowest BCUT2D eigenvalue weighted by molar-refractivity contribution is 0.102. The highest BCUT2D eigenvalue weighted by atomic mass is 16.2. The first-order valence-electron chi connectivity index (χ1n) is 10.3. The van der Waals surface area contributed by atoms with Gasteiger partial charge in [-0.1, -0.05) is 48.5 Å². The van der Waals surface area contributed by atoms with Crippen molar-refractivity contribution >= 4 is 23.3 Å². The Hall–Kier alpha value is -3.64. The molecule has 3 N–H and O–H groups in total. The molecule has 0 saturated carbocycles. The van der Waals surface area contributed by atoms with Crippen LogP contribution < -0.4 is 16.0 Å². The Kier molecular flexibility index (Phi) is 7.79. The molecule has 0 aliphatic heterocycles. The Bertz CT molecular complexity index is 975. The maximum absolute atomic E-state index is 12.3. The lowest BCUT2D eigenvalue weighted by atomic mass is 10.2. The van der Waals surface area contributed by atoms with Gasteiger partial charge in [0.15, 0.2) is 0 Å². The Balaban J connectivity index is 1.45. The van der Waals surface area contributed by atoms with Crippen molar-refractivity contribution in [2.45, 2.75) is 19.5 Å². The van der Waals surface area contributed by atoms with Crippen molar-refractivity contribution in [2.24, 2.45) is 0 Å². The van der Waals surface area contributed by atoms with Crippen molar-refractivity contribution < 1.29 is 9.59 Å². The normalized spacial score (nSPS) is 11.6. The molecule has 160 valence electrons. The molecular weight excluding hydrogens is 388 g/mol. The minimum atomic E-state index is -0.276. The third-order valence-electron chi connectivity index (χ3n) is 4.69. The lowest BCUT2D eigenvalue weighted by Crippen LogP contribution is -2.42. The number of anilines is 2. The number of nitrogens with zero attached hydrogens (tertiary/aromatic N) is 1. The molecule has 3 rings (SSSR count). The van der Waals surface area contributed by atoms with Crippen LogP contribution in [-0.2, 0) is 6.54 Å². The predicted molar refractivity (Wildman–Crippen MR) is 125 cm³/mol. The summed E-state index contributed by atoms with van der Waals surface area (Å²) in [6.07, 6.45) is 0. The van der Waals surface area contributed by atoms with Crippen LogP contribution in [-0.4, -0.2) is 36.5 Å². The van der Waals surface area contributed by atoms with E-state index in [1.807, 2.05) is 62.5 Å². The molecule has 0 fully saturated rings. The largest absolute Gasteiger partial charge is 0.334 e. The average molecular weight is 417 g/mol. The summed E-state index contributed by atoms with van der Waals surface area (Å²) in [5.74, 6) is -0.197. The molecule has 0 radical (unpaired) electrons. The second kappa shape index (κ2) is 10.9. The highest BCUT2D eigenvalue weighted by Gasteiger charge is 2.11. The number of hydrogen-bond donors (Lipinski definition) is 3. The number of carbonyl (C=O) groups is 2. The van der Waals surface area contributed by atoms with Crippen molar-refractivity contribution in [2.75, 3.05) is 24.2 Å². The minimum absolute atomic E-state index is 0.0235. The van der Waals surface area contributed by atoms with Crippen molar-refractivity contribution in [1.29, 1.82) is 0 Å². The zero-order chi connectivity index (χ0) is 22.1. The van der Waals surface area contributed by atoms with Crippen LogP contribution in [0.15, 0.2) is 84.9 Å². The molecule has 1 atom stereocenters. The van der Waals surface area contributed by atoms with Gasteiger partial charge in [-0.25, -0.2) is 4.79 Å². The van der Waals surface area contributed by atoms with Gasteiger partial charge in [0.1, 0.15) is 0 Å². The van der Waals surface area contributed by atoms with Crippen LogP contribution in [0.2, 0.25) is 0 Å². The fourth-order valence-corrected chi connectivity index (χ4v) is 3.29. The van der Waals surface area contributed by atoms with E-state index in [-0.39, 0.29) is 18.0 Å². The number of para-hydroxylation sites is 1. The van der Waals surface area contributed by atoms with Gasteiger partial charge in [-0.3, -0.25) is 4.79 Å². The summed E-state index contributed by atoms with van der Waals surface area (Å²) in [4.78, 5) is 26.8. The molecule has 3 aromatic carbocycles. The minimum Gasteiger partial charge on any atom is -0.334 e. The quantitative estimate of drug-likeness (QED) is 0.503. The monoisotopic (exact) mass is 416 g/mol. The zero-order valence-electron chi connectivity index (χ0n) is 17.8.